The number of hydrogen-bond acceptors (Lipinski definition) is 5. The number of nitrogens with one attached hydrogen (secondary N) is 1. The highest BCUT2D eigenvalue weighted by Crippen LogP contribution is 2.32. The number of aromatic nitrogens is 1. The molecule has 0 saturated carbocycles. The molecule has 0 aliphatic rings. The van der Waals surface area contributed by atoms with Gasteiger partial charge < -0.3 is 5.32 Å². The van der Waals surface area contributed by atoms with Crippen molar-refractivity contribution in [3.8, 4) is 0 Å². The van der Waals surface area contributed by atoms with Gasteiger partial charge >= 0.3 is 5.69 Å². The second-order valence-electron chi connectivity index (χ2n) is 4.81. The van der Waals surface area contributed by atoms with Crippen LogP contribution in [0.4, 0.5) is 11.4 Å². The van der Waals surface area contributed by atoms with Crippen molar-refractivity contribution in [2.45, 2.75) is 18.6 Å². The Morgan fingerprint density at radius 3 is 2.86 bits per heavy atom. The Balaban J connectivity index is 2.25. The Morgan fingerprint density at radius 1 is 1.43 bits per heavy atom. The van der Waals surface area contributed by atoms with Crippen LogP contribution >= 0.6 is 0 Å². The van der Waals surface area contributed by atoms with Gasteiger partial charge in [0.05, 0.1) is 15.8 Å². The minimum Gasteiger partial charge on any atom is -0.379 e. The lowest BCUT2D eigenvalue weighted by molar-refractivity contribution is -0.382. The molecular weight excluding hydrogens is 290 g/mol. The van der Waals surface area contributed by atoms with Gasteiger partial charge in [-0.1, -0.05) is 6.92 Å². The van der Waals surface area contributed by atoms with E-state index in [1.54, 1.807) is 36.7 Å². The van der Waals surface area contributed by atoms with Crippen LogP contribution in [0.1, 0.15) is 13.3 Å². The summed E-state index contributed by atoms with van der Waals surface area (Å²) in [5.41, 5.74) is 1.10. The van der Waals surface area contributed by atoms with E-state index in [9.17, 15) is 14.3 Å². The summed E-state index contributed by atoms with van der Waals surface area (Å²) in [6, 6.07) is 6.80. The average Bonchev–Trinajstić information content (AvgIpc) is 2.46. The van der Waals surface area contributed by atoms with Crippen LogP contribution in [0.5, 0.6) is 0 Å². The third-order valence-electron chi connectivity index (χ3n) is 3.37. The zero-order valence-corrected chi connectivity index (χ0v) is 12.7. The summed E-state index contributed by atoms with van der Waals surface area (Å²) in [6.07, 6.45) is 3.96. The fraction of sp³-hybridized carbons (Fsp3) is 0.357. The van der Waals surface area contributed by atoms with E-state index in [-0.39, 0.29) is 10.9 Å². The number of hydrogen-bond donors (Lipinski definition) is 1. The first-order valence-corrected chi connectivity index (χ1v) is 8.21. The van der Waals surface area contributed by atoms with Gasteiger partial charge in [0.15, 0.2) is 0 Å². The second kappa shape index (κ2) is 6.62. The molecule has 0 radical (unpaired) electrons. The molecule has 2 atom stereocenters. The molecule has 2 aromatic rings. The highest BCUT2D eigenvalue weighted by atomic mass is 32.2. The Labute approximate surface area is 125 Å². The minimum absolute atomic E-state index is 0.0332. The quantitative estimate of drug-likeness (QED) is 0.655. The van der Waals surface area contributed by atoms with Crippen molar-refractivity contribution in [3.63, 3.8) is 0 Å². The number of benzene rings is 1. The van der Waals surface area contributed by atoms with Gasteiger partial charge in [-0.15, -0.1) is 0 Å². The molecule has 7 heteroatoms. The van der Waals surface area contributed by atoms with E-state index >= 15 is 0 Å². The van der Waals surface area contributed by atoms with E-state index in [4.69, 9.17) is 0 Å². The van der Waals surface area contributed by atoms with E-state index in [2.05, 4.69) is 10.3 Å². The number of fused-ring (bicyclic) bond motifs is 1. The number of pyridine rings is 1. The summed E-state index contributed by atoms with van der Waals surface area (Å²) in [6.45, 7) is 2.43. The molecular formula is C14H17N3O3S. The highest BCUT2D eigenvalue weighted by molar-refractivity contribution is 7.84. The third kappa shape index (κ3) is 3.55. The number of nitro groups is 1. The minimum atomic E-state index is -0.888. The largest absolute Gasteiger partial charge is 0.379 e. The number of nitro benzene ring substituents is 1. The summed E-state index contributed by atoms with van der Waals surface area (Å²) < 4.78 is 11.3. The van der Waals surface area contributed by atoms with Crippen LogP contribution in [0.15, 0.2) is 30.5 Å². The number of rotatable bonds is 6. The lowest BCUT2D eigenvalue weighted by Gasteiger charge is -2.11. The molecule has 0 bridgehead atoms. The molecule has 0 amide bonds. The number of anilines is 1. The first-order chi connectivity index (χ1) is 10.0. The smallest absolute Gasteiger partial charge is 0.301 e. The first kappa shape index (κ1) is 15.4. The molecule has 0 spiro atoms. The maximum absolute atomic E-state index is 11.3. The molecule has 1 N–H and O–H groups in total. The zero-order chi connectivity index (χ0) is 15.4. The van der Waals surface area contributed by atoms with E-state index in [1.807, 2.05) is 6.92 Å². The zero-order valence-electron chi connectivity index (χ0n) is 11.9. The normalized spacial score (nSPS) is 13.8. The van der Waals surface area contributed by atoms with E-state index in [0.29, 0.717) is 29.6 Å². The van der Waals surface area contributed by atoms with Gasteiger partial charge in [0, 0.05) is 35.0 Å². The Kier molecular flexibility index (Phi) is 4.85. The molecule has 0 saturated heterocycles. The maximum atomic E-state index is 11.3. The van der Waals surface area contributed by atoms with Gasteiger partial charge in [-0.25, -0.2) is 0 Å². The average molecular weight is 307 g/mol. The van der Waals surface area contributed by atoms with Crippen molar-refractivity contribution >= 4 is 33.1 Å². The van der Waals surface area contributed by atoms with Gasteiger partial charge in [0.1, 0.15) is 5.69 Å². The number of nitrogens with zero attached hydrogens (tertiary/aromatic N) is 2. The Hall–Kier alpha value is -2.02. The fourth-order valence-corrected chi connectivity index (χ4v) is 2.50. The topological polar surface area (TPSA) is 85.1 Å². The van der Waals surface area contributed by atoms with Crippen LogP contribution in [-0.2, 0) is 10.8 Å². The SMILES string of the molecule is CC(CCNc1ccc2ncccc2c1[N+](=O)[O-])S(C)=O. The van der Waals surface area contributed by atoms with Crippen molar-refractivity contribution < 1.29 is 9.13 Å². The van der Waals surface area contributed by atoms with Gasteiger partial charge in [-0.3, -0.25) is 19.3 Å². The molecule has 1 heterocycles. The second-order valence-corrected chi connectivity index (χ2v) is 6.62. The van der Waals surface area contributed by atoms with Crippen molar-refractivity contribution in [1.82, 2.24) is 4.98 Å². The summed E-state index contributed by atoms with van der Waals surface area (Å²) in [5.74, 6) is 0. The summed E-state index contributed by atoms with van der Waals surface area (Å²) in [7, 11) is -0.888. The molecule has 6 nitrogen and oxygen atoms in total. The molecule has 1 aromatic carbocycles. The van der Waals surface area contributed by atoms with Crippen molar-refractivity contribution in [2.24, 2.45) is 0 Å². The lowest BCUT2D eigenvalue weighted by Crippen LogP contribution is -2.15. The van der Waals surface area contributed by atoms with Crippen molar-refractivity contribution in [2.75, 3.05) is 18.1 Å². The first-order valence-electron chi connectivity index (χ1n) is 6.59. The molecule has 21 heavy (non-hydrogen) atoms. The van der Waals surface area contributed by atoms with E-state index < -0.39 is 15.7 Å². The Morgan fingerprint density at radius 2 is 2.19 bits per heavy atom. The molecule has 0 aliphatic heterocycles. The predicted molar refractivity (Wildman–Crippen MR) is 85.0 cm³/mol. The molecule has 0 aliphatic carbocycles. The van der Waals surface area contributed by atoms with Crippen LogP contribution < -0.4 is 5.32 Å². The lowest BCUT2D eigenvalue weighted by atomic mass is 10.1. The van der Waals surface area contributed by atoms with Crippen molar-refractivity contribution in [3.05, 3.63) is 40.6 Å². The van der Waals surface area contributed by atoms with Gasteiger partial charge in [0.25, 0.3) is 0 Å². The van der Waals surface area contributed by atoms with Crippen LogP contribution in [-0.4, -0.2) is 32.2 Å². The van der Waals surface area contributed by atoms with Crippen LogP contribution in [0.2, 0.25) is 0 Å². The molecule has 2 rings (SSSR count). The monoisotopic (exact) mass is 307 g/mol. The van der Waals surface area contributed by atoms with Crippen molar-refractivity contribution in [1.29, 1.82) is 0 Å². The van der Waals surface area contributed by atoms with E-state index in [0.717, 1.165) is 0 Å². The van der Waals surface area contributed by atoms with Gasteiger partial charge in [-0.2, -0.15) is 0 Å². The molecule has 1 aromatic heterocycles. The molecule has 0 fully saturated rings. The third-order valence-corrected chi connectivity index (χ3v) is 4.74. The van der Waals surface area contributed by atoms with Crippen LogP contribution in [0, 0.1) is 10.1 Å². The highest BCUT2D eigenvalue weighted by Gasteiger charge is 2.18. The maximum Gasteiger partial charge on any atom is 0.301 e. The van der Waals surface area contributed by atoms with E-state index in [1.165, 1.54) is 0 Å². The standard InChI is InChI=1S/C14H17N3O3S/c1-10(21(2)20)7-9-16-13-6-5-12-11(4-3-8-15-12)14(13)17(18)19/h3-6,8,10,16H,7,9H2,1-2H3. The summed E-state index contributed by atoms with van der Waals surface area (Å²) >= 11 is 0. The fourth-order valence-electron chi connectivity index (χ4n) is 2.05. The van der Waals surface area contributed by atoms with Crippen LogP contribution in [0.3, 0.4) is 0 Å². The Bertz CT molecular complexity index is 690. The van der Waals surface area contributed by atoms with Gasteiger partial charge in [0.2, 0.25) is 0 Å². The summed E-state index contributed by atoms with van der Waals surface area (Å²) in [4.78, 5) is 15.1. The predicted octanol–water partition coefficient (Wildman–Crippen LogP) is 2.71. The molecule has 112 valence electrons. The van der Waals surface area contributed by atoms with Crippen LogP contribution in [0.25, 0.3) is 10.9 Å². The van der Waals surface area contributed by atoms with Gasteiger partial charge in [-0.05, 0) is 30.7 Å². The summed E-state index contributed by atoms with van der Waals surface area (Å²) in [5, 5.41) is 15.0. The molecule has 2 unspecified atom stereocenters.